The normalized spacial score (nSPS) is 9.96. The third kappa shape index (κ3) is 7.33. The molecule has 0 aliphatic carbocycles. The average Bonchev–Trinajstić information content (AvgIpc) is 2.64. The van der Waals surface area contributed by atoms with E-state index in [4.69, 9.17) is 9.47 Å². The summed E-state index contributed by atoms with van der Waals surface area (Å²) in [5.74, 6) is -1.00. The fourth-order valence-electron chi connectivity index (χ4n) is 1.97. The molecule has 0 aromatic heterocycles. The number of amides is 2. The summed E-state index contributed by atoms with van der Waals surface area (Å²) in [6, 6.07) is 6.65. The van der Waals surface area contributed by atoms with E-state index >= 15 is 0 Å². The molecule has 26 heavy (non-hydrogen) atoms. The maximum atomic E-state index is 12.1. The standard InChI is InChI=1S/C18H24N2O6/c1-4-25-14-7-5-13(6-8-14)15(21)9-10-18(24)26-12-17(23)20(3)11-16(22)19-2/h5-8H,4,9-12H2,1-3H3,(H,19,22). The van der Waals surface area contributed by atoms with Crippen molar-refractivity contribution in [3.63, 3.8) is 0 Å². The second-order valence-corrected chi connectivity index (χ2v) is 5.46. The monoisotopic (exact) mass is 364 g/mol. The Morgan fingerprint density at radius 2 is 1.73 bits per heavy atom. The fourth-order valence-corrected chi connectivity index (χ4v) is 1.97. The van der Waals surface area contributed by atoms with Gasteiger partial charge in [0, 0.05) is 26.1 Å². The van der Waals surface area contributed by atoms with Crippen LogP contribution in [0.5, 0.6) is 5.75 Å². The van der Waals surface area contributed by atoms with Gasteiger partial charge >= 0.3 is 5.97 Å². The van der Waals surface area contributed by atoms with Crippen molar-refractivity contribution in [2.24, 2.45) is 0 Å². The van der Waals surface area contributed by atoms with Gasteiger partial charge in [0.2, 0.25) is 5.91 Å². The Kier molecular flexibility index (Phi) is 8.83. The molecule has 0 bridgehead atoms. The van der Waals surface area contributed by atoms with Crippen LogP contribution < -0.4 is 10.1 Å². The highest BCUT2D eigenvalue weighted by Gasteiger charge is 2.15. The zero-order valence-corrected chi connectivity index (χ0v) is 15.2. The minimum absolute atomic E-state index is 0.0188. The highest BCUT2D eigenvalue weighted by atomic mass is 16.5. The summed E-state index contributed by atoms with van der Waals surface area (Å²) in [6.07, 6.45) is -0.145. The van der Waals surface area contributed by atoms with Crippen LogP contribution in [0.2, 0.25) is 0 Å². The third-order valence-electron chi connectivity index (χ3n) is 3.49. The summed E-state index contributed by atoms with van der Waals surface area (Å²) < 4.78 is 10.1. The van der Waals surface area contributed by atoms with E-state index in [0.29, 0.717) is 17.9 Å². The lowest BCUT2D eigenvalue weighted by molar-refractivity contribution is -0.151. The lowest BCUT2D eigenvalue weighted by Gasteiger charge is -2.15. The van der Waals surface area contributed by atoms with E-state index in [0.717, 1.165) is 4.90 Å². The van der Waals surface area contributed by atoms with Gasteiger partial charge in [0.15, 0.2) is 12.4 Å². The van der Waals surface area contributed by atoms with Gasteiger partial charge in [0.1, 0.15) is 5.75 Å². The number of hydrogen-bond acceptors (Lipinski definition) is 6. The van der Waals surface area contributed by atoms with Crippen molar-refractivity contribution in [1.82, 2.24) is 10.2 Å². The van der Waals surface area contributed by atoms with Gasteiger partial charge in [-0.15, -0.1) is 0 Å². The van der Waals surface area contributed by atoms with E-state index in [2.05, 4.69) is 5.32 Å². The molecule has 8 nitrogen and oxygen atoms in total. The molecule has 0 radical (unpaired) electrons. The molecule has 0 saturated carbocycles. The van der Waals surface area contributed by atoms with Gasteiger partial charge in [0.25, 0.3) is 5.91 Å². The molecule has 0 atom stereocenters. The predicted octanol–water partition coefficient (Wildman–Crippen LogP) is 0.796. The largest absolute Gasteiger partial charge is 0.494 e. The molecule has 8 heteroatoms. The van der Waals surface area contributed by atoms with Crippen LogP contribution in [-0.2, 0) is 19.1 Å². The molecular formula is C18H24N2O6. The quantitative estimate of drug-likeness (QED) is 0.487. The number of ether oxygens (including phenoxy) is 2. The van der Waals surface area contributed by atoms with Crippen molar-refractivity contribution in [2.45, 2.75) is 19.8 Å². The van der Waals surface area contributed by atoms with Crippen LogP contribution in [0.3, 0.4) is 0 Å². The first-order chi connectivity index (χ1) is 12.4. The fraction of sp³-hybridized carbons (Fsp3) is 0.444. The van der Waals surface area contributed by atoms with Crippen LogP contribution in [0, 0.1) is 0 Å². The molecule has 2 amide bonds. The smallest absolute Gasteiger partial charge is 0.306 e. The Hall–Kier alpha value is -2.90. The van der Waals surface area contributed by atoms with Gasteiger partial charge in [0.05, 0.1) is 19.6 Å². The zero-order chi connectivity index (χ0) is 19.5. The van der Waals surface area contributed by atoms with Crippen LogP contribution >= 0.6 is 0 Å². The molecule has 1 rings (SSSR count). The van der Waals surface area contributed by atoms with Crippen LogP contribution in [0.25, 0.3) is 0 Å². The van der Waals surface area contributed by atoms with Crippen LogP contribution in [-0.4, -0.2) is 62.3 Å². The first kappa shape index (κ1) is 21.1. The Morgan fingerprint density at radius 3 is 2.31 bits per heavy atom. The van der Waals surface area contributed by atoms with Crippen molar-refractivity contribution >= 4 is 23.6 Å². The number of nitrogens with zero attached hydrogens (tertiary/aromatic N) is 1. The minimum Gasteiger partial charge on any atom is -0.494 e. The highest BCUT2D eigenvalue weighted by Crippen LogP contribution is 2.14. The predicted molar refractivity (Wildman–Crippen MR) is 93.8 cm³/mol. The van der Waals surface area contributed by atoms with E-state index in [1.54, 1.807) is 24.3 Å². The third-order valence-corrected chi connectivity index (χ3v) is 3.49. The summed E-state index contributed by atoms with van der Waals surface area (Å²) in [4.78, 5) is 47.8. The Balaban J connectivity index is 2.36. The molecule has 1 aromatic carbocycles. The summed E-state index contributed by atoms with van der Waals surface area (Å²) in [5.41, 5.74) is 0.475. The molecule has 0 saturated heterocycles. The molecule has 0 heterocycles. The van der Waals surface area contributed by atoms with Gasteiger partial charge in [-0.3, -0.25) is 19.2 Å². The van der Waals surface area contributed by atoms with Crippen LogP contribution in [0.1, 0.15) is 30.1 Å². The topological polar surface area (TPSA) is 102 Å². The van der Waals surface area contributed by atoms with Gasteiger partial charge < -0.3 is 19.7 Å². The summed E-state index contributed by atoms with van der Waals surface area (Å²) in [5, 5.41) is 2.39. The van der Waals surface area contributed by atoms with E-state index in [-0.39, 0.29) is 31.1 Å². The van der Waals surface area contributed by atoms with E-state index in [9.17, 15) is 19.2 Å². The van der Waals surface area contributed by atoms with Crippen molar-refractivity contribution in [3.8, 4) is 5.75 Å². The first-order valence-electron chi connectivity index (χ1n) is 8.23. The number of ketones is 1. The summed E-state index contributed by atoms with van der Waals surface area (Å²) >= 11 is 0. The number of benzene rings is 1. The van der Waals surface area contributed by atoms with Gasteiger partial charge in [-0.25, -0.2) is 0 Å². The lowest BCUT2D eigenvalue weighted by atomic mass is 10.1. The Morgan fingerprint density at radius 1 is 1.08 bits per heavy atom. The average molecular weight is 364 g/mol. The molecule has 0 unspecified atom stereocenters. The molecule has 0 aliphatic heterocycles. The number of nitrogens with one attached hydrogen (secondary N) is 1. The second kappa shape index (κ2) is 10.9. The highest BCUT2D eigenvalue weighted by molar-refractivity contribution is 5.97. The van der Waals surface area contributed by atoms with E-state index in [1.807, 2.05) is 6.92 Å². The number of rotatable bonds is 10. The summed E-state index contributed by atoms with van der Waals surface area (Å²) in [6.45, 7) is 1.81. The number of esters is 1. The van der Waals surface area contributed by atoms with Crippen molar-refractivity contribution in [3.05, 3.63) is 29.8 Å². The summed E-state index contributed by atoms with van der Waals surface area (Å²) in [7, 11) is 2.89. The maximum absolute atomic E-state index is 12.1. The SMILES string of the molecule is CCOc1ccc(C(=O)CCC(=O)OCC(=O)N(C)CC(=O)NC)cc1. The number of carbonyl (C=O) groups is 4. The van der Waals surface area contributed by atoms with Crippen molar-refractivity contribution < 1.29 is 28.7 Å². The Bertz CT molecular complexity index is 642. The van der Waals surface area contributed by atoms with Crippen LogP contribution in [0.15, 0.2) is 24.3 Å². The molecular weight excluding hydrogens is 340 g/mol. The van der Waals surface area contributed by atoms with Gasteiger partial charge in [-0.2, -0.15) is 0 Å². The number of carbonyl (C=O) groups excluding carboxylic acids is 4. The van der Waals surface area contributed by atoms with Crippen LogP contribution in [0.4, 0.5) is 0 Å². The second-order valence-electron chi connectivity index (χ2n) is 5.46. The number of Topliss-reactive ketones (excluding diaryl/α,β-unsaturated/α-hetero) is 1. The first-order valence-corrected chi connectivity index (χ1v) is 8.23. The lowest BCUT2D eigenvalue weighted by Crippen LogP contribution is -2.39. The number of hydrogen-bond donors (Lipinski definition) is 1. The minimum atomic E-state index is -0.647. The molecule has 142 valence electrons. The van der Waals surface area contributed by atoms with Crippen molar-refractivity contribution in [2.75, 3.05) is 33.9 Å². The maximum Gasteiger partial charge on any atom is 0.306 e. The van der Waals surface area contributed by atoms with E-state index in [1.165, 1.54) is 14.1 Å². The molecule has 1 N–H and O–H groups in total. The van der Waals surface area contributed by atoms with Gasteiger partial charge in [-0.05, 0) is 31.2 Å². The molecule has 1 aromatic rings. The zero-order valence-electron chi connectivity index (χ0n) is 15.2. The Labute approximate surface area is 152 Å². The molecule has 0 fully saturated rings. The van der Waals surface area contributed by atoms with Gasteiger partial charge in [-0.1, -0.05) is 0 Å². The molecule has 0 aliphatic rings. The van der Waals surface area contributed by atoms with Crippen molar-refractivity contribution in [1.29, 1.82) is 0 Å². The number of likely N-dealkylation sites (N-methyl/N-ethyl adjacent to an activating group) is 2. The molecule has 0 spiro atoms. The van der Waals surface area contributed by atoms with E-state index < -0.39 is 18.5 Å².